The summed E-state index contributed by atoms with van der Waals surface area (Å²) in [4.78, 5) is 26.4. The van der Waals surface area contributed by atoms with Crippen LogP contribution < -0.4 is 0 Å². The maximum atomic E-state index is 12.3. The Labute approximate surface area is 118 Å². The topological polar surface area (TPSA) is 60.9 Å². The van der Waals surface area contributed by atoms with E-state index in [-0.39, 0.29) is 12.6 Å². The summed E-state index contributed by atoms with van der Waals surface area (Å²) < 4.78 is 0. The first-order chi connectivity index (χ1) is 9.49. The van der Waals surface area contributed by atoms with Gasteiger partial charge in [-0.25, -0.2) is 4.79 Å². The number of rotatable bonds is 3. The molecule has 1 unspecified atom stereocenters. The minimum atomic E-state index is -0.881. The SMILES string of the molecule is CC(CN(C)C(=O)N1CCc2ccccc2C1)C(=O)O. The van der Waals surface area contributed by atoms with E-state index in [1.54, 1.807) is 18.9 Å². The van der Waals surface area contributed by atoms with Crippen LogP contribution in [0.2, 0.25) is 0 Å². The van der Waals surface area contributed by atoms with Crippen molar-refractivity contribution in [2.75, 3.05) is 20.1 Å². The van der Waals surface area contributed by atoms with Gasteiger partial charge in [0.05, 0.1) is 5.92 Å². The second-order valence-corrected chi connectivity index (χ2v) is 5.34. The predicted molar refractivity (Wildman–Crippen MR) is 75.4 cm³/mol. The zero-order valence-corrected chi connectivity index (χ0v) is 11.9. The molecule has 1 aliphatic heterocycles. The number of carboxylic acid groups (broad SMARTS) is 1. The predicted octanol–water partition coefficient (Wildman–Crippen LogP) is 1.82. The first-order valence-corrected chi connectivity index (χ1v) is 6.78. The monoisotopic (exact) mass is 276 g/mol. The lowest BCUT2D eigenvalue weighted by Gasteiger charge is -2.32. The van der Waals surface area contributed by atoms with Gasteiger partial charge in [-0.05, 0) is 17.5 Å². The standard InChI is InChI=1S/C15H20N2O3/c1-11(14(18)19)9-16(2)15(20)17-8-7-12-5-3-4-6-13(12)10-17/h3-6,11H,7-10H2,1-2H3,(H,18,19). The lowest BCUT2D eigenvalue weighted by Crippen LogP contribution is -2.45. The van der Waals surface area contributed by atoms with Crippen molar-refractivity contribution in [2.24, 2.45) is 5.92 Å². The fourth-order valence-electron chi connectivity index (χ4n) is 2.47. The van der Waals surface area contributed by atoms with Crippen LogP contribution in [0, 0.1) is 5.92 Å². The Kier molecular flexibility index (Phi) is 4.27. The van der Waals surface area contributed by atoms with Gasteiger partial charge in [-0.2, -0.15) is 0 Å². The number of carbonyl (C=O) groups is 2. The van der Waals surface area contributed by atoms with Crippen LogP contribution in [0.5, 0.6) is 0 Å². The number of benzene rings is 1. The van der Waals surface area contributed by atoms with Crippen LogP contribution >= 0.6 is 0 Å². The second-order valence-electron chi connectivity index (χ2n) is 5.34. The molecule has 0 bridgehead atoms. The van der Waals surface area contributed by atoms with E-state index in [9.17, 15) is 9.59 Å². The van der Waals surface area contributed by atoms with E-state index in [4.69, 9.17) is 5.11 Å². The third-order valence-electron chi connectivity index (χ3n) is 3.70. The Balaban J connectivity index is 1.99. The minimum Gasteiger partial charge on any atom is -0.481 e. The molecule has 1 N–H and O–H groups in total. The Hall–Kier alpha value is -2.04. The molecule has 1 aromatic rings. The average Bonchev–Trinajstić information content (AvgIpc) is 2.45. The van der Waals surface area contributed by atoms with Crippen LogP contribution in [0.3, 0.4) is 0 Å². The van der Waals surface area contributed by atoms with Crippen molar-refractivity contribution in [3.8, 4) is 0 Å². The van der Waals surface area contributed by atoms with Gasteiger partial charge in [-0.1, -0.05) is 31.2 Å². The van der Waals surface area contributed by atoms with Crippen molar-refractivity contribution in [1.82, 2.24) is 9.80 Å². The Morgan fingerprint density at radius 1 is 1.35 bits per heavy atom. The maximum Gasteiger partial charge on any atom is 0.320 e. The molecule has 1 heterocycles. The van der Waals surface area contributed by atoms with E-state index in [0.717, 1.165) is 6.42 Å². The quantitative estimate of drug-likeness (QED) is 0.916. The number of urea groups is 1. The highest BCUT2D eigenvalue weighted by molar-refractivity contribution is 5.76. The van der Waals surface area contributed by atoms with Crippen LogP contribution in [0.25, 0.3) is 0 Å². The summed E-state index contributed by atoms with van der Waals surface area (Å²) in [5.74, 6) is -1.44. The van der Waals surface area contributed by atoms with E-state index >= 15 is 0 Å². The zero-order valence-electron chi connectivity index (χ0n) is 11.9. The number of fused-ring (bicyclic) bond motifs is 1. The maximum absolute atomic E-state index is 12.3. The normalized spacial score (nSPS) is 15.4. The molecule has 0 radical (unpaired) electrons. The lowest BCUT2D eigenvalue weighted by atomic mass is 10.0. The Bertz CT molecular complexity index is 516. The van der Waals surface area contributed by atoms with E-state index in [2.05, 4.69) is 6.07 Å². The van der Waals surface area contributed by atoms with Crippen molar-refractivity contribution in [3.63, 3.8) is 0 Å². The van der Waals surface area contributed by atoms with E-state index < -0.39 is 11.9 Å². The molecule has 1 aliphatic rings. The summed E-state index contributed by atoms with van der Waals surface area (Å²) in [7, 11) is 1.66. The van der Waals surface area contributed by atoms with Crippen LogP contribution in [-0.2, 0) is 17.8 Å². The number of nitrogens with zero attached hydrogens (tertiary/aromatic N) is 2. The zero-order chi connectivity index (χ0) is 14.7. The molecule has 20 heavy (non-hydrogen) atoms. The molecule has 2 rings (SSSR count). The van der Waals surface area contributed by atoms with Crippen LogP contribution in [0.15, 0.2) is 24.3 Å². The van der Waals surface area contributed by atoms with Crippen LogP contribution in [0.1, 0.15) is 18.1 Å². The summed E-state index contributed by atoms with van der Waals surface area (Å²) in [5, 5.41) is 8.90. The third-order valence-corrected chi connectivity index (χ3v) is 3.70. The third kappa shape index (κ3) is 3.10. The molecule has 1 aromatic carbocycles. The van der Waals surface area contributed by atoms with Gasteiger partial charge in [0.2, 0.25) is 0 Å². The van der Waals surface area contributed by atoms with E-state index in [1.807, 2.05) is 18.2 Å². The highest BCUT2D eigenvalue weighted by atomic mass is 16.4. The van der Waals surface area contributed by atoms with Crippen molar-refractivity contribution < 1.29 is 14.7 Å². The molecule has 0 saturated heterocycles. The first-order valence-electron chi connectivity index (χ1n) is 6.78. The molecule has 0 fully saturated rings. The largest absolute Gasteiger partial charge is 0.481 e. The number of hydrogen-bond acceptors (Lipinski definition) is 2. The Morgan fingerprint density at radius 3 is 2.65 bits per heavy atom. The molecule has 2 amide bonds. The van der Waals surface area contributed by atoms with E-state index in [0.29, 0.717) is 13.1 Å². The number of hydrogen-bond donors (Lipinski definition) is 1. The highest BCUT2D eigenvalue weighted by Crippen LogP contribution is 2.19. The van der Waals surface area contributed by atoms with Crippen molar-refractivity contribution in [2.45, 2.75) is 19.9 Å². The van der Waals surface area contributed by atoms with Gasteiger partial charge in [-0.15, -0.1) is 0 Å². The molecule has 108 valence electrons. The highest BCUT2D eigenvalue weighted by Gasteiger charge is 2.25. The van der Waals surface area contributed by atoms with Gasteiger partial charge in [0.15, 0.2) is 0 Å². The molecule has 0 saturated carbocycles. The first kappa shape index (κ1) is 14.4. The van der Waals surface area contributed by atoms with Gasteiger partial charge in [0.25, 0.3) is 0 Å². The molecule has 5 heteroatoms. The summed E-state index contributed by atoms with van der Waals surface area (Å²) in [5.41, 5.74) is 2.46. The molecule has 1 atom stereocenters. The fourth-order valence-corrected chi connectivity index (χ4v) is 2.47. The summed E-state index contributed by atoms with van der Waals surface area (Å²) in [6.45, 7) is 3.12. The molecular weight excluding hydrogens is 256 g/mol. The Morgan fingerprint density at radius 2 is 2.00 bits per heavy atom. The van der Waals surface area contributed by atoms with E-state index in [1.165, 1.54) is 16.0 Å². The molecule has 0 aliphatic carbocycles. The summed E-state index contributed by atoms with van der Waals surface area (Å²) in [6.07, 6.45) is 0.851. The van der Waals surface area contributed by atoms with Gasteiger partial charge >= 0.3 is 12.0 Å². The number of amides is 2. The summed E-state index contributed by atoms with van der Waals surface area (Å²) in [6, 6.07) is 8.01. The van der Waals surface area contributed by atoms with Gasteiger partial charge in [0.1, 0.15) is 0 Å². The smallest absolute Gasteiger partial charge is 0.320 e. The lowest BCUT2D eigenvalue weighted by molar-refractivity contribution is -0.141. The molecular formula is C15H20N2O3. The number of aliphatic carboxylic acids is 1. The fraction of sp³-hybridized carbons (Fsp3) is 0.467. The summed E-state index contributed by atoms with van der Waals surface area (Å²) >= 11 is 0. The molecule has 5 nitrogen and oxygen atoms in total. The minimum absolute atomic E-state index is 0.104. The van der Waals surface area contributed by atoms with Crippen molar-refractivity contribution in [1.29, 1.82) is 0 Å². The van der Waals surface area contributed by atoms with Crippen molar-refractivity contribution >= 4 is 12.0 Å². The van der Waals surface area contributed by atoms with Crippen LogP contribution in [0.4, 0.5) is 4.79 Å². The van der Waals surface area contributed by atoms with Crippen LogP contribution in [-0.4, -0.2) is 47.0 Å². The van der Waals surface area contributed by atoms with Gasteiger partial charge in [0, 0.05) is 26.7 Å². The number of carboxylic acids is 1. The van der Waals surface area contributed by atoms with Crippen molar-refractivity contribution in [3.05, 3.63) is 35.4 Å². The number of carbonyl (C=O) groups excluding carboxylic acids is 1. The average molecular weight is 276 g/mol. The second kappa shape index (κ2) is 5.94. The molecule has 0 spiro atoms. The molecule has 0 aromatic heterocycles. The van der Waals surface area contributed by atoms with Gasteiger partial charge < -0.3 is 14.9 Å². The van der Waals surface area contributed by atoms with Gasteiger partial charge in [-0.3, -0.25) is 4.79 Å².